The van der Waals surface area contributed by atoms with Gasteiger partial charge in [0.1, 0.15) is 5.69 Å². The molecule has 0 saturated carbocycles. The van der Waals surface area contributed by atoms with E-state index in [1.807, 2.05) is 4.90 Å². The number of aromatic amines is 1. The van der Waals surface area contributed by atoms with E-state index in [9.17, 15) is 14.4 Å². The van der Waals surface area contributed by atoms with Crippen molar-refractivity contribution >= 4 is 46.7 Å². The van der Waals surface area contributed by atoms with Crippen molar-refractivity contribution in [3.63, 3.8) is 0 Å². The number of nitrogens with zero attached hydrogens (tertiary/aromatic N) is 1. The normalized spacial score (nSPS) is 14.3. The number of hydrogen-bond donors (Lipinski definition) is 2. The molecule has 0 radical (unpaired) electrons. The van der Waals surface area contributed by atoms with E-state index in [1.54, 1.807) is 19.1 Å². The highest BCUT2D eigenvalue weighted by Gasteiger charge is 2.27. The van der Waals surface area contributed by atoms with Crippen LogP contribution in [-0.2, 0) is 9.47 Å². The Morgan fingerprint density at radius 2 is 1.71 bits per heavy atom. The number of nitrogens with one attached hydrogen (secondary N) is 2. The number of rotatable bonds is 5. The quantitative estimate of drug-likeness (QED) is 0.651. The fourth-order valence-electron chi connectivity index (χ4n) is 3.57. The molecular weight excluding hydrogens is 445 g/mol. The zero-order valence-electron chi connectivity index (χ0n) is 17.4. The first kappa shape index (κ1) is 23.0. The second-order valence-corrected chi connectivity index (χ2v) is 7.96. The van der Waals surface area contributed by atoms with Crippen molar-refractivity contribution in [2.75, 3.05) is 32.2 Å². The van der Waals surface area contributed by atoms with Crippen LogP contribution in [0, 0.1) is 6.92 Å². The summed E-state index contributed by atoms with van der Waals surface area (Å²) in [5.41, 5.74) is 2.17. The second-order valence-electron chi connectivity index (χ2n) is 7.20. The number of H-pyrrole nitrogens is 1. The summed E-state index contributed by atoms with van der Waals surface area (Å²) in [6.45, 7) is 2.88. The fraction of sp³-hybridized carbons (Fsp3) is 0.381. The van der Waals surface area contributed by atoms with Crippen molar-refractivity contribution in [2.24, 2.45) is 0 Å². The van der Waals surface area contributed by atoms with Gasteiger partial charge in [-0.15, -0.1) is 0 Å². The molecule has 8 nitrogen and oxygen atoms in total. The standard InChI is InChI=1S/C21H23Cl2N3O5/c1-11-16(22)17(23)18(24-11)19(27)25-13-6-8-26(9-7-13)15-10-12(20(28)30-2)4-5-14(15)21(29)31-3/h4-5,10,13,24H,6-9H2,1-3H3,(H,25,27). The fourth-order valence-corrected chi connectivity index (χ4v) is 3.99. The molecule has 2 heterocycles. The summed E-state index contributed by atoms with van der Waals surface area (Å²) in [5, 5.41) is 3.51. The number of aromatic nitrogens is 1. The first-order valence-electron chi connectivity index (χ1n) is 9.66. The van der Waals surface area contributed by atoms with Crippen LogP contribution in [0.3, 0.4) is 0 Å². The number of carbonyl (C=O) groups is 3. The van der Waals surface area contributed by atoms with Crippen molar-refractivity contribution in [3.05, 3.63) is 50.8 Å². The number of ether oxygens (including phenoxy) is 2. The van der Waals surface area contributed by atoms with Gasteiger partial charge >= 0.3 is 11.9 Å². The third-order valence-corrected chi connectivity index (χ3v) is 6.22. The van der Waals surface area contributed by atoms with E-state index in [0.29, 0.717) is 53.5 Å². The topological polar surface area (TPSA) is 101 Å². The highest BCUT2D eigenvalue weighted by atomic mass is 35.5. The Kier molecular flexibility index (Phi) is 7.12. The van der Waals surface area contributed by atoms with Gasteiger partial charge in [-0.3, -0.25) is 4.79 Å². The molecule has 10 heteroatoms. The monoisotopic (exact) mass is 467 g/mol. The third-order valence-electron chi connectivity index (χ3n) is 5.28. The van der Waals surface area contributed by atoms with E-state index in [2.05, 4.69) is 10.3 Å². The molecule has 0 atom stereocenters. The highest BCUT2D eigenvalue weighted by molar-refractivity contribution is 6.44. The molecule has 1 aliphatic heterocycles. The molecule has 2 aromatic rings. The smallest absolute Gasteiger partial charge is 0.339 e. The molecule has 0 bridgehead atoms. The number of esters is 2. The lowest BCUT2D eigenvalue weighted by molar-refractivity contribution is 0.0587. The number of aryl methyl sites for hydroxylation is 1. The van der Waals surface area contributed by atoms with Crippen molar-refractivity contribution in [3.8, 4) is 0 Å². The molecule has 1 fully saturated rings. The number of piperidine rings is 1. The summed E-state index contributed by atoms with van der Waals surface area (Å²) in [5.74, 6) is -1.30. The van der Waals surface area contributed by atoms with Gasteiger partial charge in [-0.25, -0.2) is 9.59 Å². The molecule has 3 rings (SSSR count). The third kappa shape index (κ3) is 4.80. The van der Waals surface area contributed by atoms with Gasteiger partial charge in [-0.05, 0) is 38.0 Å². The summed E-state index contributed by atoms with van der Waals surface area (Å²) >= 11 is 12.2. The van der Waals surface area contributed by atoms with Crippen LogP contribution in [0.5, 0.6) is 0 Å². The maximum absolute atomic E-state index is 12.6. The van der Waals surface area contributed by atoms with E-state index in [-0.39, 0.29) is 22.7 Å². The van der Waals surface area contributed by atoms with Gasteiger partial charge in [0.15, 0.2) is 0 Å². The predicted molar refractivity (Wildman–Crippen MR) is 117 cm³/mol. The molecule has 1 aromatic heterocycles. The zero-order chi connectivity index (χ0) is 22.7. The lowest BCUT2D eigenvalue weighted by Crippen LogP contribution is -2.45. The van der Waals surface area contributed by atoms with Crippen LogP contribution < -0.4 is 10.2 Å². The van der Waals surface area contributed by atoms with Gasteiger partial charge in [-0.1, -0.05) is 23.2 Å². The van der Waals surface area contributed by atoms with Gasteiger partial charge in [0.25, 0.3) is 5.91 Å². The average Bonchev–Trinajstić information content (AvgIpc) is 3.05. The molecule has 166 valence electrons. The van der Waals surface area contributed by atoms with Gasteiger partial charge in [0.2, 0.25) is 0 Å². The largest absolute Gasteiger partial charge is 0.465 e. The van der Waals surface area contributed by atoms with Crippen LogP contribution in [0.25, 0.3) is 0 Å². The Balaban J connectivity index is 1.72. The Morgan fingerprint density at radius 1 is 1.06 bits per heavy atom. The minimum Gasteiger partial charge on any atom is -0.465 e. The van der Waals surface area contributed by atoms with Crippen LogP contribution >= 0.6 is 23.2 Å². The van der Waals surface area contributed by atoms with Crippen molar-refractivity contribution in [2.45, 2.75) is 25.8 Å². The molecule has 1 aromatic carbocycles. The van der Waals surface area contributed by atoms with Crippen LogP contribution in [0.4, 0.5) is 5.69 Å². The van der Waals surface area contributed by atoms with Crippen molar-refractivity contribution in [1.82, 2.24) is 10.3 Å². The van der Waals surface area contributed by atoms with E-state index in [4.69, 9.17) is 32.7 Å². The Morgan fingerprint density at radius 3 is 2.26 bits per heavy atom. The number of halogens is 2. The summed E-state index contributed by atoms with van der Waals surface area (Å²) in [6.07, 6.45) is 1.28. The molecule has 0 aliphatic carbocycles. The second kappa shape index (κ2) is 9.62. The average molecular weight is 468 g/mol. The molecule has 1 amide bonds. The van der Waals surface area contributed by atoms with E-state index < -0.39 is 11.9 Å². The van der Waals surface area contributed by atoms with Crippen LogP contribution in [0.15, 0.2) is 18.2 Å². The molecule has 2 N–H and O–H groups in total. The molecule has 1 aliphatic rings. The van der Waals surface area contributed by atoms with E-state index in [0.717, 1.165) is 0 Å². The number of carbonyl (C=O) groups excluding carboxylic acids is 3. The predicted octanol–water partition coefficient (Wildman–Crippen LogP) is 3.60. The molecule has 1 saturated heterocycles. The van der Waals surface area contributed by atoms with Gasteiger partial charge in [-0.2, -0.15) is 0 Å². The number of amides is 1. The minimum absolute atomic E-state index is 0.0763. The number of hydrogen-bond acceptors (Lipinski definition) is 6. The summed E-state index contributed by atoms with van der Waals surface area (Å²) in [4.78, 5) is 41.6. The highest BCUT2D eigenvalue weighted by Crippen LogP contribution is 2.30. The Bertz CT molecular complexity index is 1010. The van der Waals surface area contributed by atoms with Crippen LogP contribution in [0.1, 0.15) is 49.7 Å². The SMILES string of the molecule is COC(=O)c1ccc(C(=O)OC)c(N2CCC(NC(=O)c3[nH]c(C)c(Cl)c3Cl)CC2)c1. The van der Waals surface area contributed by atoms with E-state index in [1.165, 1.54) is 20.3 Å². The number of methoxy groups -OCH3 is 2. The maximum Gasteiger partial charge on any atom is 0.339 e. The minimum atomic E-state index is -0.490. The van der Waals surface area contributed by atoms with Crippen molar-refractivity contribution in [1.29, 1.82) is 0 Å². The number of benzene rings is 1. The van der Waals surface area contributed by atoms with Crippen LogP contribution in [0.2, 0.25) is 10.0 Å². The van der Waals surface area contributed by atoms with Gasteiger partial charge in [0.05, 0.1) is 41.1 Å². The molecule has 31 heavy (non-hydrogen) atoms. The maximum atomic E-state index is 12.6. The first-order chi connectivity index (χ1) is 14.8. The summed E-state index contributed by atoms with van der Waals surface area (Å²) in [6, 6.07) is 4.63. The summed E-state index contributed by atoms with van der Waals surface area (Å²) < 4.78 is 9.66. The van der Waals surface area contributed by atoms with Gasteiger partial charge < -0.3 is 24.7 Å². The van der Waals surface area contributed by atoms with Crippen LogP contribution in [-0.4, -0.2) is 56.2 Å². The zero-order valence-corrected chi connectivity index (χ0v) is 18.9. The lowest BCUT2D eigenvalue weighted by Gasteiger charge is -2.34. The number of anilines is 1. The lowest BCUT2D eigenvalue weighted by atomic mass is 10.0. The van der Waals surface area contributed by atoms with E-state index >= 15 is 0 Å². The van der Waals surface area contributed by atoms with Gasteiger partial charge in [0, 0.05) is 24.8 Å². The molecule has 0 unspecified atom stereocenters. The molecule has 0 spiro atoms. The Hall–Kier alpha value is -2.71. The molecular formula is C21H23Cl2N3O5. The van der Waals surface area contributed by atoms with Crippen molar-refractivity contribution < 1.29 is 23.9 Å². The summed E-state index contributed by atoms with van der Waals surface area (Å²) in [7, 11) is 2.61. The first-order valence-corrected chi connectivity index (χ1v) is 10.4. The Labute approximate surface area is 189 Å².